The summed E-state index contributed by atoms with van der Waals surface area (Å²) in [7, 11) is 1.85. The third-order valence-electron chi connectivity index (χ3n) is 4.51. The van der Waals surface area contributed by atoms with E-state index in [0.717, 1.165) is 12.8 Å². The molecule has 3 unspecified atom stereocenters. The Morgan fingerprint density at radius 1 is 1.43 bits per heavy atom. The highest BCUT2D eigenvalue weighted by atomic mass is 35.5. The molecule has 1 N–H and O–H groups in total. The van der Waals surface area contributed by atoms with E-state index in [4.69, 9.17) is 16.3 Å². The van der Waals surface area contributed by atoms with Crippen LogP contribution in [-0.4, -0.2) is 43.1 Å². The molecule has 5 heteroatoms. The lowest BCUT2D eigenvalue weighted by Gasteiger charge is -2.25. The van der Waals surface area contributed by atoms with Crippen LogP contribution >= 0.6 is 11.6 Å². The second kappa shape index (κ2) is 6.24. The van der Waals surface area contributed by atoms with Crippen LogP contribution in [0.15, 0.2) is 24.3 Å². The molecule has 2 bridgehead atoms. The smallest absolute Gasteiger partial charge is 0.227 e. The molecule has 1 aromatic carbocycles. The first kappa shape index (κ1) is 14.7. The van der Waals surface area contributed by atoms with Gasteiger partial charge in [-0.3, -0.25) is 4.79 Å². The Hall–Kier alpha value is -1.26. The summed E-state index contributed by atoms with van der Waals surface area (Å²) in [5.74, 6) is 1.05. The summed E-state index contributed by atoms with van der Waals surface area (Å²) in [6.07, 6.45) is 3.33. The van der Waals surface area contributed by atoms with Gasteiger partial charge >= 0.3 is 0 Å². The van der Waals surface area contributed by atoms with E-state index < -0.39 is 0 Å². The Morgan fingerprint density at radius 3 is 2.90 bits per heavy atom. The molecule has 0 spiro atoms. The zero-order valence-corrected chi connectivity index (χ0v) is 13.0. The lowest BCUT2D eigenvalue weighted by Crippen LogP contribution is -2.40. The van der Waals surface area contributed by atoms with Crippen molar-refractivity contribution < 1.29 is 9.53 Å². The maximum Gasteiger partial charge on any atom is 0.227 e. The van der Waals surface area contributed by atoms with Crippen LogP contribution < -0.4 is 10.1 Å². The van der Waals surface area contributed by atoms with Crippen molar-refractivity contribution in [1.29, 1.82) is 0 Å². The maximum atomic E-state index is 12.4. The van der Waals surface area contributed by atoms with Crippen LogP contribution in [0.3, 0.4) is 0 Å². The first-order valence-corrected chi connectivity index (χ1v) is 7.91. The maximum absolute atomic E-state index is 12.4. The number of nitrogens with one attached hydrogen (secondary N) is 1. The fourth-order valence-corrected chi connectivity index (χ4v) is 3.53. The van der Waals surface area contributed by atoms with Gasteiger partial charge in [0.1, 0.15) is 12.4 Å². The van der Waals surface area contributed by atoms with Gasteiger partial charge < -0.3 is 15.0 Å². The van der Waals surface area contributed by atoms with Crippen LogP contribution in [-0.2, 0) is 4.79 Å². The van der Waals surface area contributed by atoms with Gasteiger partial charge in [0, 0.05) is 19.1 Å². The molecule has 3 rings (SSSR count). The molecule has 2 aliphatic heterocycles. The second-order valence-corrected chi connectivity index (χ2v) is 6.34. The quantitative estimate of drug-likeness (QED) is 0.907. The van der Waals surface area contributed by atoms with E-state index in [2.05, 4.69) is 5.32 Å². The number of carbonyl (C=O) groups is 1. The largest absolute Gasteiger partial charge is 0.490 e. The molecule has 0 radical (unpaired) electrons. The van der Waals surface area contributed by atoms with Gasteiger partial charge in [0.2, 0.25) is 5.91 Å². The average molecular weight is 309 g/mol. The number of amides is 1. The van der Waals surface area contributed by atoms with Crippen LogP contribution in [0.25, 0.3) is 0 Å². The van der Waals surface area contributed by atoms with E-state index in [1.807, 2.05) is 25.2 Å². The normalized spacial score (nSPS) is 26.9. The Balaban J connectivity index is 1.47. The van der Waals surface area contributed by atoms with Crippen molar-refractivity contribution in [2.24, 2.45) is 5.92 Å². The number of benzene rings is 1. The molecular formula is C16H21ClN2O2. The van der Waals surface area contributed by atoms with Gasteiger partial charge in [-0.05, 0) is 31.4 Å². The standard InChI is InChI=1S/C16H21ClN2O2/c1-19(8-9-21-15-5-3-2-4-13(15)17)16(20)12-10-11-6-7-14(12)18-11/h2-5,11-12,14,18H,6-10H2,1H3. The third kappa shape index (κ3) is 3.16. The van der Waals surface area contributed by atoms with E-state index in [1.54, 1.807) is 11.0 Å². The Morgan fingerprint density at radius 2 is 2.24 bits per heavy atom. The summed E-state index contributed by atoms with van der Waals surface area (Å²) in [6.45, 7) is 1.04. The third-order valence-corrected chi connectivity index (χ3v) is 4.83. The van der Waals surface area contributed by atoms with Crippen molar-refractivity contribution >= 4 is 17.5 Å². The lowest BCUT2D eigenvalue weighted by atomic mass is 9.88. The number of hydrogen-bond donors (Lipinski definition) is 1. The number of para-hydroxylation sites is 1. The highest BCUT2D eigenvalue weighted by molar-refractivity contribution is 6.32. The van der Waals surface area contributed by atoms with E-state index in [-0.39, 0.29) is 11.8 Å². The number of fused-ring (bicyclic) bond motifs is 2. The van der Waals surface area contributed by atoms with E-state index in [1.165, 1.54) is 6.42 Å². The van der Waals surface area contributed by atoms with Gasteiger partial charge in [-0.15, -0.1) is 0 Å². The molecular weight excluding hydrogens is 288 g/mol. The summed E-state index contributed by atoms with van der Waals surface area (Å²) in [5.41, 5.74) is 0. The summed E-state index contributed by atoms with van der Waals surface area (Å²) in [6, 6.07) is 8.33. The Bertz CT molecular complexity index is 523. The number of ether oxygens (including phenoxy) is 1. The molecule has 1 aromatic rings. The van der Waals surface area contributed by atoms with Crippen LogP contribution in [0.5, 0.6) is 5.75 Å². The van der Waals surface area contributed by atoms with Crippen molar-refractivity contribution in [1.82, 2.24) is 10.2 Å². The fraction of sp³-hybridized carbons (Fsp3) is 0.562. The molecule has 2 heterocycles. The van der Waals surface area contributed by atoms with Gasteiger partial charge in [0.15, 0.2) is 0 Å². The first-order valence-electron chi connectivity index (χ1n) is 7.53. The van der Waals surface area contributed by atoms with Crippen LogP contribution in [0.4, 0.5) is 0 Å². The highest BCUT2D eigenvalue weighted by Crippen LogP contribution is 2.34. The van der Waals surface area contributed by atoms with E-state index in [9.17, 15) is 4.79 Å². The number of carbonyl (C=O) groups excluding carboxylic acids is 1. The van der Waals surface area contributed by atoms with Crippen LogP contribution in [0.2, 0.25) is 5.02 Å². The summed E-state index contributed by atoms with van der Waals surface area (Å²) in [4.78, 5) is 14.2. The van der Waals surface area contributed by atoms with Gasteiger partial charge in [0.05, 0.1) is 17.5 Å². The molecule has 2 fully saturated rings. The van der Waals surface area contributed by atoms with Gasteiger partial charge in [0.25, 0.3) is 0 Å². The molecule has 0 saturated carbocycles. The Kier molecular flexibility index (Phi) is 4.36. The predicted molar refractivity (Wildman–Crippen MR) is 82.6 cm³/mol. The fourth-order valence-electron chi connectivity index (χ4n) is 3.34. The number of nitrogens with zero attached hydrogens (tertiary/aromatic N) is 1. The minimum absolute atomic E-state index is 0.147. The monoisotopic (exact) mass is 308 g/mol. The van der Waals surface area contributed by atoms with Crippen molar-refractivity contribution in [3.63, 3.8) is 0 Å². The number of rotatable bonds is 5. The summed E-state index contributed by atoms with van der Waals surface area (Å²) < 4.78 is 5.64. The van der Waals surface area contributed by atoms with E-state index in [0.29, 0.717) is 36.0 Å². The molecule has 3 atom stereocenters. The average Bonchev–Trinajstić information content (AvgIpc) is 3.11. The predicted octanol–water partition coefficient (Wildman–Crippen LogP) is 2.32. The summed E-state index contributed by atoms with van der Waals surface area (Å²) >= 11 is 6.03. The number of halogens is 1. The molecule has 114 valence electrons. The molecule has 2 aliphatic rings. The molecule has 0 aliphatic carbocycles. The van der Waals surface area contributed by atoms with E-state index >= 15 is 0 Å². The highest BCUT2D eigenvalue weighted by Gasteiger charge is 2.43. The molecule has 0 aromatic heterocycles. The second-order valence-electron chi connectivity index (χ2n) is 5.93. The number of hydrogen-bond acceptors (Lipinski definition) is 3. The summed E-state index contributed by atoms with van der Waals surface area (Å²) in [5, 5.41) is 4.11. The minimum Gasteiger partial charge on any atom is -0.490 e. The zero-order valence-electron chi connectivity index (χ0n) is 12.2. The molecule has 4 nitrogen and oxygen atoms in total. The number of likely N-dealkylation sites (N-methyl/N-ethyl adjacent to an activating group) is 1. The van der Waals surface area contributed by atoms with Crippen molar-refractivity contribution in [3.05, 3.63) is 29.3 Å². The van der Waals surface area contributed by atoms with Crippen molar-refractivity contribution in [2.45, 2.75) is 31.3 Å². The molecule has 21 heavy (non-hydrogen) atoms. The minimum atomic E-state index is 0.147. The Labute approximate surface area is 130 Å². The van der Waals surface area contributed by atoms with Crippen molar-refractivity contribution in [3.8, 4) is 5.75 Å². The first-order chi connectivity index (χ1) is 10.1. The van der Waals surface area contributed by atoms with Gasteiger partial charge in [-0.2, -0.15) is 0 Å². The zero-order chi connectivity index (χ0) is 14.8. The van der Waals surface area contributed by atoms with Gasteiger partial charge in [-0.25, -0.2) is 0 Å². The lowest BCUT2D eigenvalue weighted by molar-refractivity contribution is -0.135. The molecule has 1 amide bonds. The SMILES string of the molecule is CN(CCOc1ccccc1Cl)C(=O)C1CC2CCC1N2. The van der Waals surface area contributed by atoms with Crippen LogP contribution in [0, 0.1) is 5.92 Å². The van der Waals surface area contributed by atoms with Crippen molar-refractivity contribution in [2.75, 3.05) is 20.2 Å². The molecule has 2 saturated heterocycles. The van der Waals surface area contributed by atoms with Crippen LogP contribution in [0.1, 0.15) is 19.3 Å². The topological polar surface area (TPSA) is 41.6 Å². The van der Waals surface area contributed by atoms with Gasteiger partial charge in [-0.1, -0.05) is 23.7 Å².